The Labute approximate surface area is 113 Å². The summed E-state index contributed by atoms with van der Waals surface area (Å²) in [5, 5.41) is 7.14. The van der Waals surface area contributed by atoms with Gasteiger partial charge in [-0.2, -0.15) is 5.10 Å². The number of aromatic nitrogens is 2. The normalized spacial score (nSPS) is 24.0. The van der Waals surface area contributed by atoms with E-state index < -0.39 is 0 Å². The van der Waals surface area contributed by atoms with Crippen molar-refractivity contribution >= 4 is 5.91 Å². The first-order chi connectivity index (χ1) is 9.04. The molecule has 1 fully saturated rings. The van der Waals surface area contributed by atoms with Gasteiger partial charge < -0.3 is 11.1 Å². The van der Waals surface area contributed by atoms with Gasteiger partial charge in [0.25, 0.3) is 0 Å². The van der Waals surface area contributed by atoms with Gasteiger partial charge in [-0.3, -0.25) is 14.4 Å². The zero-order chi connectivity index (χ0) is 14.0. The zero-order valence-electron chi connectivity index (χ0n) is 11.8. The molecule has 0 spiro atoms. The van der Waals surface area contributed by atoms with E-state index in [1.54, 1.807) is 4.68 Å². The van der Waals surface area contributed by atoms with E-state index in [1.807, 2.05) is 33.3 Å². The third kappa shape index (κ3) is 2.79. The van der Waals surface area contributed by atoms with Crippen LogP contribution in [0.15, 0.2) is 12.4 Å². The molecule has 3 N–H and O–H groups in total. The van der Waals surface area contributed by atoms with Crippen molar-refractivity contribution in [1.29, 1.82) is 0 Å². The minimum absolute atomic E-state index is 0.0321. The van der Waals surface area contributed by atoms with Crippen LogP contribution in [0.25, 0.3) is 0 Å². The molecule has 6 heteroatoms. The van der Waals surface area contributed by atoms with E-state index in [0.29, 0.717) is 6.54 Å². The lowest BCUT2D eigenvalue weighted by molar-refractivity contribution is -0.130. The fraction of sp³-hybridized carbons (Fsp3) is 0.692. The molecule has 0 aliphatic carbocycles. The van der Waals surface area contributed by atoms with Crippen molar-refractivity contribution in [2.24, 2.45) is 12.8 Å². The van der Waals surface area contributed by atoms with Crippen LogP contribution in [-0.4, -0.2) is 45.8 Å². The van der Waals surface area contributed by atoms with Crippen molar-refractivity contribution in [2.75, 3.05) is 13.1 Å². The summed E-state index contributed by atoms with van der Waals surface area (Å²) in [6.07, 6.45) is 4.61. The number of hydrogen-bond acceptors (Lipinski definition) is 4. The van der Waals surface area contributed by atoms with Crippen molar-refractivity contribution in [3.05, 3.63) is 18.0 Å². The quantitative estimate of drug-likeness (QED) is 0.804. The topological polar surface area (TPSA) is 76.2 Å². The summed E-state index contributed by atoms with van der Waals surface area (Å²) in [4.78, 5) is 14.2. The van der Waals surface area contributed by atoms with Gasteiger partial charge in [-0.05, 0) is 13.3 Å². The molecular formula is C13H23N5O. The predicted octanol–water partition coefficient (Wildman–Crippen LogP) is 0.0188. The highest BCUT2D eigenvalue weighted by Crippen LogP contribution is 2.27. The van der Waals surface area contributed by atoms with Crippen LogP contribution in [0, 0.1) is 0 Å². The molecule has 0 bridgehead atoms. The molecular weight excluding hydrogens is 242 g/mol. The third-order valence-electron chi connectivity index (χ3n) is 3.68. The Morgan fingerprint density at radius 2 is 2.37 bits per heavy atom. The molecule has 6 nitrogen and oxygen atoms in total. The summed E-state index contributed by atoms with van der Waals surface area (Å²) in [5.41, 5.74) is 7.24. The highest BCUT2D eigenvalue weighted by atomic mass is 16.2. The van der Waals surface area contributed by atoms with Gasteiger partial charge in [0.05, 0.1) is 18.3 Å². The SMILES string of the molecule is CCC1C(=O)NCCN1C(c1cnn(C)c1)C(C)N. The maximum Gasteiger partial charge on any atom is 0.237 e. The minimum atomic E-state index is -0.107. The molecule has 2 rings (SSSR count). The smallest absolute Gasteiger partial charge is 0.237 e. The van der Waals surface area contributed by atoms with Crippen LogP contribution in [0.1, 0.15) is 31.9 Å². The van der Waals surface area contributed by atoms with E-state index in [-0.39, 0.29) is 24.0 Å². The highest BCUT2D eigenvalue weighted by molar-refractivity contribution is 5.82. The fourth-order valence-corrected chi connectivity index (χ4v) is 2.88. The number of carbonyl (C=O) groups is 1. The van der Waals surface area contributed by atoms with Gasteiger partial charge in [-0.1, -0.05) is 6.92 Å². The predicted molar refractivity (Wildman–Crippen MR) is 73.4 cm³/mol. The van der Waals surface area contributed by atoms with Gasteiger partial charge in [-0.25, -0.2) is 0 Å². The van der Waals surface area contributed by atoms with E-state index >= 15 is 0 Å². The molecule has 3 atom stereocenters. The first kappa shape index (κ1) is 14.0. The molecule has 1 saturated heterocycles. The van der Waals surface area contributed by atoms with Gasteiger partial charge in [-0.15, -0.1) is 0 Å². The van der Waals surface area contributed by atoms with E-state index in [1.165, 1.54) is 0 Å². The van der Waals surface area contributed by atoms with Crippen LogP contribution in [-0.2, 0) is 11.8 Å². The summed E-state index contributed by atoms with van der Waals surface area (Å²) < 4.78 is 1.77. The summed E-state index contributed by atoms with van der Waals surface area (Å²) in [7, 11) is 1.89. The van der Waals surface area contributed by atoms with Crippen LogP contribution in [0.5, 0.6) is 0 Å². The summed E-state index contributed by atoms with van der Waals surface area (Å²) in [6, 6.07) is -0.126. The number of aryl methyl sites for hydroxylation is 1. The molecule has 1 aliphatic heterocycles. The number of nitrogens with two attached hydrogens (primary N) is 1. The van der Waals surface area contributed by atoms with Crippen LogP contribution >= 0.6 is 0 Å². The van der Waals surface area contributed by atoms with Gasteiger partial charge in [0.15, 0.2) is 0 Å². The Morgan fingerprint density at radius 1 is 1.63 bits per heavy atom. The lowest BCUT2D eigenvalue weighted by atomic mass is 9.97. The fourth-order valence-electron chi connectivity index (χ4n) is 2.88. The molecule has 0 aromatic carbocycles. The molecule has 1 amide bonds. The summed E-state index contributed by atoms with van der Waals surface area (Å²) in [6.45, 7) is 5.52. The Hall–Kier alpha value is -1.40. The summed E-state index contributed by atoms with van der Waals surface area (Å²) in [5.74, 6) is 0.100. The van der Waals surface area contributed by atoms with Crippen LogP contribution in [0.3, 0.4) is 0 Å². The second kappa shape index (κ2) is 5.71. The van der Waals surface area contributed by atoms with Gasteiger partial charge in [0.1, 0.15) is 0 Å². The van der Waals surface area contributed by atoms with Crippen LogP contribution in [0.4, 0.5) is 0 Å². The molecule has 0 saturated carbocycles. The van der Waals surface area contributed by atoms with E-state index in [2.05, 4.69) is 15.3 Å². The number of amides is 1. The Bertz CT molecular complexity index is 442. The van der Waals surface area contributed by atoms with E-state index in [0.717, 1.165) is 18.5 Å². The minimum Gasteiger partial charge on any atom is -0.353 e. The maximum atomic E-state index is 12.0. The number of nitrogens with zero attached hydrogens (tertiary/aromatic N) is 3. The summed E-state index contributed by atoms with van der Waals surface area (Å²) >= 11 is 0. The molecule has 1 aromatic heterocycles. The number of nitrogens with one attached hydrogen (secondary N) is 1. The number of hydrogen-bond donors (Lipinski definition) is 2. The lowest BCUT2D eigenvalue weighted by Crippen LogP contribution is -2.58. The van der Waals surface area contributed by atoms with Crippen molar-refractivity contribution in [3.8, 4) is 0 Å². The van der Waals surface area contributed by atoms with E-state index in [9.17, 15) is 4.79 Å². The largest absolute Gasteiger partial charge is 0.353 e. The van der Waals surface area contributed by atoms with Gasteiger partial charge >= 0.3 is 0 Å². The number of rotatable bonds is 4. The second-order valence-corrected chi connectivity index (χ2v) is 5.20. The molecule has 0 radical (unpaired) electrons. The van der Waals surface area contributed by atoms with Gasteiger partial charge in [0.2, 0.25) is 5.91 Å². The van der Waals surface area contributed by atoms with Crippen molar-refractivity contribution in [3.63, 3.8) is 0 Å². The van der Waals surface area contributed by atoms with Gasteiger partial charge in [0, 0.05) is 37.9 Å². The van der Waals surface area contributed by atoms with Crippen molar-refractivity contribution < 1.29 is 4.79 Å². The number of carbonyl (C=O) groups excluding carboxylic acids is 1. The van der Waals surface area contributed by atoms with Crippen LogP contribution < -0.4 is 11.1 Å². The lowest BCUT2D eigenvalue weighted by Gasteiger charge is -2.41. The first-order valence-corrected chi connectivity index (χ1v) is 6.82. The average Bonchev–Trinajstić information content (AvgIpc) is 2.76. The Morgan fingerprint density at radius 3 is 2.89 bits per heavy atom. The monoisotopic (exact) mass is 265 g/mol. The number of piperazine rings is 1. The zero-order valence-corrected chi connectivity index (χ0v) is 11.8. The van der Waals surface area contributed by atoms with Crippen LogP contribution in [0.2, 0.25) is 0 Å². The molecule has 106 valence electrons. The third-order valence-corrected chi connectivity index (χ3v) is 3.68. The molecule has 19 heavy (non-hydrogen) atoms. The standard InChI is InChI=1S/C13H23N5O/c1-4-11-13(19)15-5-6-18(11)12(9(2)14)10-7-16-17(3)8-10/h7-9,11-12H,4-6,14H2,1-3H3,(H,15,19). The molecule has 2 heterocycles. The second-order valence-electron chi connectivity index (χ2n) is 5.20. The maximum absolute atomic E-state index is 12.0. The highest BCUT2D eigenvalue weighted by Gasteiger charge is 2.35. The molecule has 3 unspecified atom stereocenters. The van der Waals surface area contributed by atoms with E-state index in [4.69, 9.17) is 5.73 Å². The Balaban J connectivity index is 2.30. The average molecular weight is 265 g/mol. The molecule has 1 aliphatic rings. The molecule has 1 aromatic rings. The first-order valence-electron chi connectivity index (χ1n) is 6.82. The van der Waals surface area contributed by atoms with Crippen molar-refractivity contribution in [2.45, 2.75) is 38.4 Å². The Kier molecular flexibility index (Phi) is 4.21. The van der Waals surface area contributed by atoms with Crippen molar-refractivity contribution in [1.82, 2.24) is 20.0 Å².